The average Bonchev–Trinajstić information content (AvgIpc) is 2.47. The van der Waals surface area contributed by atoms with Gasteiger partial charge in [0.1, 0.15) is 0 Å². The van der Waals surface area contributed by atoms with Crippen molar-refractivity contribution in [3.8, 4) is 0 Å². The molecule has 2 unspecified atom stereocenters. The predicted octanol–water partition coefficient (Wildman–Crippen LogP) is 0.889. The molecule has 0 amide bonds. The lowest BCUT2D eigenvalue weighted by atomic mass is 10.0. The summed E-state index contributed by atoms with van der Waals surface area (Å²) in [6.45, 7) is 5.42. The Labute approximate surface area is 68.9 Å². The van der Waals surface area contributed by atoms with E-state index in [1.165, 1.54) is 19.3 Å². The molecule has 0 radical (unpaired) electrons. The molecule has 0 bridgehead atoms. The zero-order valence-corrected chi connectivity index (χ0v) is 7.05. The van der Waals surface area contributed by atoms with Crippen LogP contribution >= 0.6 is 0 Å². The number of hydrogen-bond donors (Lipinski definition) is 2. The molecule has 0 saturated heterocycles. The van der Waals surface area contributed by atoms with Crippen LogP contribution in [0.25, 0.3) is 0 Å². The van der Waals surface area contributed by atoms with Crippen LogP contribution in [0.3, 0.4) is 0 Å². The van der Waals surface area contributed by atoms with Crippen LogP contribution in [0.5, 0.6) is 0 Å². The zero-order valence-electron chi connectivity index (χ0n) is 7.05. The second-order valence-corrected chi connectivity index (χ2v) is 3.23. The van der Waals surface area contributed by atoms with Gasteiger partial charge in [0, 0.05) is 12.6 Å². The van der Waals surface area contributed by atoms with E-state index in [2.05, 4.69) is 11.9 Å². The third-order valence-corrected chi connectivity index (χ3v) is 2.49. The van der Waals surface area contributed by atoms with Gasteiger partial charge in [0.2, 0.25) is 0 Å². The van der Waals surface area contributed by atoms with Crippen LogP contribution in [-0.4, -0.2) is 19.1 Å². The van der Waals surface area contributed by atoms with Gasteiger partial charge < -0.3 is 11.1 Å². The summed E-state index contributed by atoms with van der Waals surface area (Å²) in [5, 5.41) is 3.43. The molecule has 0 spiro atoms. The Kier molecular flexibility index (Phi) is 3.60. The molecule has 1 aliphatic rings. The van der Waals surface area contributed by atoms with E-state index < -0.39 is 0 Å². The van der Waals surface area contributed by atoms with E-state index in [0.29, 0.717) is 12.0 Å². The lowest BCUT2D eigenvalue weighted by Crippen LogP contribution is -2.35. The summed E-state index contributed by atoms with van der Waals surface area (Å²) in [5.41, 5.74) is 5.63. The highest BCUT2D eigenvalue weighted by Gasteiger charge is 2.24. The van der Waals surface area contributed by atoms with Gasteiger partial charge in [-0.1, -0.05) is 12.5 Å². The van der Waals surface area contributed by atoms with E-state index in [0.717, 1.165) is 13.1 Å². The second-order valence-electron chi connectivity index (χ2n) is 3.23. The first-order valence-electron chi connectivity index (χ1n) is 4.43. The maximum Gasteiger partial charge on any atom is 0.0135 e. The van der Waals surface area contributed by atoms with Crippen molar-refractivity contribution in [1.82, 2.24) is 5.32 Å². The Morgan fingerprint density at radius 3 is 3.00 bits per heavy atom. The SMILES string of the molecule is C=CCNC1CCCC1CN. The average molecular weight is 154 g/mol. The Balaban J connectivity index is 2.25. The predicted molar refractivity (Wildman–Crippen MR) is 48.4 cm³/mol. The first-order valence-corrected chi connectivity index (χ1v) is 4.43. The van der Waals surface area contributed by atoms with E-state index in [4.69, 9.17) is 5.73 Å². The number of nitrogens with one attached hydrogen (secondary N) is 1. The van der Waals surface area contributed by atoms with Crippen molar-refractivity contribution in [2.24, 2.45) is 11.7 Å². The van der Waals surface area contributed by atoms with Crippen LogP contribution in [0.15, 0.2) is 12.7 Å². The van der Waals surface area contributed by atoms with E-state index >= 15 is 0 Å². The summed E-state index contributed by atoms with van der Waals surface area (Å²) in [7, 11) is 0. The van der Waals surface area contributed by atoms with Gasteiger partial charge in [-0.25, -0.2) is 0 Å². The van der Waals surface area contributed by atoms with E-state index in [1.54, 1.807) is 0 Å². The Morgan fingerprint density at radius 1 is 1.55 bits per heavy atom. The highest BCUT2D eigenvalue weighted by atomic mass is 14.9. The molecule has 0 aromatic carbocycles. The lowest BCUT2D eigenvalue weighted by molar-refractivity contribution is 0.422. The van der Waals surface area contributed by atoms with Crippen LogP contribution in [0.4, 0.5) is 0 Å². The summed E-state index contributed by atoms with van der Waals surface area (Å²) in [5.74, 6) is 0.704. The summed E-state index contributed by atoms with van der Waals surface area (Å²) < 4.78 is 0. The molecule has 2 heteroatoms. The first kappa shape index (κ1) is 8.75. The second kappa shape index (κ2) is 4.52. The van der Waals surface area contributed by atoms with E-state index in [-0.39, 0.29) is 0 Å². The van der Waals surface area contributed by atoms with Gasteiger partial charge in [-0.3, -0.25) is 0 Å². The molecule has 1 fully saturated rings. The maximum absolute atomic E-state index is 5.63. The van der Waals surface area contributed by atoms with E-state index in [1.807, 2.05) is 6.08 Å². The van der Waals surface area contributed by atoms with Gasteiger partial charge >= 0.3 is 0 Å². The molecule has 1 aliphatic carbocycles. The molecule has 11 heavy (non-hydrogen) atoms. The molecule has 0 aliphatic heterocycles. The minimum absolute atomic E-state index is 0.651. The number of rotatable bonds is 4. The molecule has 0 aromatic heterocycles. The topological polar surface area (TPSA) is 38.0 Å². The van der Waals surface area contributed by atoms with Crippen LogP contribution in [0.2, 0.25) is 0 Å². The lowest BCUT2D eigenvalue weighted by Gasteiger charge is -2.18. The van der Waals surface area contributed by atoms with Crippen LogP contribution < -0.4 is 11.1 Å². The monoisotopic (exact) mass is 154 g/mol. The molecular formula is C9H18N2. The highest BCUT2D eigenvalue weighted by Crippen LogP contribution is 2.24. The fourth-order valence-corrected chi connectivity index (χ4v) is 1.82. The summed E-state index contributed by atoms with van der Waals surface area (Å²) >= 11 is 0. The minimum atomic E-state index is 0.651. The largest absolute Gasteiger partial charge is 0.330 e. The van der Waals surface area contributed by atoms with Crippen molar-refractivity contribution in [1.29, 1.82) is 0 Å². The van der Waals surface area contributed by atoms with Crippen LogP contribution in [0, 0.1) is 5.92 Å². The van der Waals surface area contributed by atoms with E-state index in [9.17, 15) is 0 Å². The number of nitrogens with two attached hydrogens (primary N) is 1. The van der Waals surface area contributed by atoms with Gasteiger partial charge in [0.15, 0.2) is 0 Å². The van der Waals surface area contributed by atoms with Crippen molar-refractivity contribution in [3.63, 3.8) is 0 Å². The fraction of sp³-hybridized carbons (Fsp3) is 0.778. The van der Waals surface area contributed by atoms with Crippen LogP contribution in [0.1, 0.15) is 19.3 Å². The standard InChI is InChI=1S/C9H18N2/c1-2-6-11-9-5-3-4-8(9)7-10/h2,8-9,11H,1,3-7,10H2. The first-order chi connectivity index (χ1) is 5.38. The quantitative estimate of drug-likeness (QED) is 0.590. The van der Waals surface area contributed by atoms with Crippen LogP contribution in [-0.2, 0) is 0 Å². The van der Waals surface area contributed by atoms with Gasteiger partial charge in [0.25, 0.3) is 0 Å². The number of hydrogen-bond acceptors (Lipinski definition) is 2. The fourth-order valence-electron chi connectivity index (χ4n) is 1.82. The van der Waals surface area contributed by atoms with Gasteiger partial charge in [-0.05, 0) is 25.3 Å². The smallest absolute Gasteiger partial charge is 0.0135 e. The molecule has 3 N–H and O–H groups in total. The van der Waals surface area contributed by atoms with Crippen molar-refractivity contribution in [2.75, 3.05) is 13.1 Å². The Bertz CT molecular complexity index is 123. The summed E-state index contributed by atoms with van der Waals surface area (Å²) in [6.07, 6.45) is 5.82. The third kappa shape index (κ3) is 2.31. The minimum Gasteiger partial charge on any atom is -0.330 e. The molecule has 1 saturated carbocycles. The summed E-state index contributed by atoms with van der Waals surface area (Å²) in [6, 6.07) is 0.651. The Hall–Kier alpha value is -0.340. The van der Waals surface area contributed by atoms with Crippen molar-refractivity contribution in [2.45, 2.75) is 25.3 Å². The summed E-state index contributed by atoms with van der Waals surface area (Å²) in [4.78, 5) is 0. The van der Waals surface area contributed by atoms with Gasteiger partial charge in [0.05, 0.1) is 0 Å². The molecule has 2 nitrogen and oxygen atoms in total. The van der Waals surface area contributed by atoms with Crippen molar-refractivity contribution < 1.29 is 0 Å². The zero-order chi connectivity index (χ0) is 8.10. The highest BCUT2D eigenvalue weighted by molar-refractivity contribution is 4.85. The molecule has 2 atom stereocenters. The van der Waals surface area contributed by atoms with Crippen molar-refractivity contribution >= 4 is 0 Å². The molecule has 1 rings (SSSR count). The molecule has 64 valence electrons. The normalized spacial score (nSPS) is 30.6. The molecule has 0 aromatic rings. The van der Waals surface area contributed by atoms with Gasteiger partial charge in [-0.2, -0.15) is 0 Å². The third-order valence-electron chi connectivity index (χ3n) is 2.49. The van der Waals surface area contributed by atoms with Crippen molar-refractivity contribution in [3.05, 3.63) is 12.7 Å². The Morgan fingerprint density at radius 2 is 2.36 bits per heavy atom. The molecular weight excluding hydrogens is 136 g/mol. The molecule has 0 heterocycles. The maximum atomic E-state index is 5.63. The van der Waals surface area contributed by atoms with Gasteiger partial charge in [-0.15, -0.1) is 6.58 Å².